The van der Waals surface area contributed by atoms with E-state index in [0.29, 0.717) is 44.4 Å². The molecular weight excluding hydrogens is 611 g/mol. The molecule has 0 unspecified atom stereocenters. The second kappa shape index (κ2) is 11.8. The van der Waals surface area contributed by atoms with Gasteiger partial charge in [-0.15, -0.1) is 0 Å². The van der Waals surface area contributed by atoms with Crippen molar-refractivity contribution in [1.29, 1.82) is 5.26 Å². The number of rotatable bonds is 6. The fourth-order valence-corrected chi connectivity index (χ4v) is 5.45. The molecule has 0 bridgehead atoms. The number of H-pyrrole nitrogens is 1. The van der Waals surface area contributed by atoms with E-state index in [4.69, 9.17) is 21.1 Å². The number of nitrogens with one attached hydrogen (secondary N) is 2. The van der Waals surface area contributed by atoms with Gasteiger partial charge < -0.3 is 14.8 Å². The van der Waals surface area contributed by atoms with Crippen molar-refractivity contribution in [2.45, 2.75) is 71.6 Å². The van der Waals surface area contributed by atoms with Gasteiger partial charge in [-0.05, 0) is 71.1 Å². The van der Waals surface area contributed by atoms with Crippen LogP contribution in [-0.2, 0) is 18.3 Å². The lowest BCUT2D eigenvalue weighted by atomic mass is 9.92. The number of hydrogen-bond acceptors (Lipinski definition) is 7. The van der Waals surface area contributed by atoms with E-state index in [0.717, 1.165) is 25.7 Å². The second-order valence-corrected chi connectivity index (χ2v) is 13.0. The molecule has 46 heavy (non-hydrogen) atoms. The number of benzene rings is 2. The Kier molecular flexibility index (Phi) is 7.99. The number of aromatic nitrogens is 4. The second-order valence-electron chi connectivity index (χ2n) is 12.6. The van der Waals surface area contributed by atoms with Crippen molar-refractivity contribution >= 4 is 28.5 Å². The molecular formula is C34H32ClFN6O4. The van der Waals surface area contributed by atoms with Gasteiger partial charge >= 0.3 is 6.09 Å². The maximum absolute atomic E-state index is 16.1. The topological polar surface area (TPSA) is 135 Å². The lowest BCUT2D eigenvalue weighted by Gasteiger charge is -2.20. The Morgan fingerprint density at radius 3 is 2.65 bits per heavy atom. The summed E-state index contributed by atoms with van der Waals surface area (Å²) in [7, 11) is 1.68. The number of fused-ring (bicyclic) bond motifs is 1. The van der Waals surface area contributed by atoms with Crippen LogP contribution in [0.3, 0.4) is 0 Å². The Morgan fingerprint density at radius 1 is 1.26 bits per heavy atom. The molecule has 0 atom stereocenters. The van der Waals surface area contributed by atoms with Gasteiger partial charge in [0.1, 0.15) is 23.0 Å². The third-order valence-electron chi connectivity index (χ3n) is 7.74. The molecule has 2 heterocycles. The molecule has 2 N–H and O–H groups in total. The molecule has 1 amide bonds. The molecule has 6 rings (SSSR count). The highest BCUT2D eigenvalue weighted by Crippen LogP contribution is 2.45. The van der Waals surface area contributed by atoms with Gasteiger partial charge in [0.05, 0.1) is 40.6 Å². The maximum Gasteiger partial charge on any atom is 0.407 e. The first-order chi connectivity index (χ1) is 21.9. The van der Waals surface area contributed by atoms with E-state index in [2.05, 4.69) is 32.5 Å². The zero-order valence-corrected chi connectivity index (χ0v) is 26.9. The monoisotopic (exact) mass is 642 g/mol. The van der Waals surface area contributed by atoms with Gasteiger partial charge in [-0.3, -0.25) is 9.48 Å². The summed E-state index contributed by atoms with van der Waals surface area (Å²) in [5.41, 5.74) is 1.75. The van der Waals surface area contributed by atoms with E-state index in [1.54, 1.807) is 53.1 Å². The summed E-state index contributed by atoms with van der Waals surface area (Å²) < 4.78 is 29.1. The fourth-order valence-electron chi connectivity index (χ4n) is 5.23. The molecule has 236 valence electrons. The van der Waals surface area contributed by atoms with Crippen LogP contribution in [0.4, 0.5) is 9.18 Å². The van der Waals surface area contributed by atoms with Crippen molar-refractivity contribution in [3.63, 3.8) is 0 Å². The van der Waals surface area contributed by atoms with Crippen molar-refractivity contribution in [3.05, 3.63) is 61.9 Å². The number of ether oxygens (including phenoxy) is 2. The molecule has 12 heteroatoms. The predicted octanol–water partition coefficient (Wildman–Crippen LogP) is 6.29. The number of aryl methyl sites for hydroxylation is 1. The van der Waals surface area contributed by atoms with E-state index < -0.39 is 23.1 Å². The number of carbonyl (C=O) groups is 1. The molecule has 10 nitrogen and oxygen atoms in total. The summed E-state index contributed by atoms with van der Waals surface area (Å²) in [6.45, 7) is 6.93. The number of alkyl carbamates (subject to hydrolysis) is 1. The number of carbonyl (C=O) groups excluding carboxylic acids is 1. The summed E-state index contributed by atoms with van der Waals surface area (Å²) in [5, 5.41) is 24.2. The molecule has 2 aromatic carbocycles. The van der Waals surface area contributed by atoms with E-state index >= 15 is 4.39 Å². The number of halogens is 2. The first-order valence-electron chi connectivity index (χ1n) is 15.0. The predicted molar refractivity (Wildman–Crippen MR) is 171 cm³/mol. The highest BCUT2D eigenvalue weighted by molar-refractivity contribution is 6.32. The first kappa shape index (κ1) is 31.1. The number of nitrogens with zero attached hydrogens (tertiary/aromatic N) is 4. The third-order valence-corrected chi connectivity index (χ3v) is 8.09. The number of aromatic amines is 1. The average Bonchev–Trinajstić information content (AvgIpc) is 3.93. The van der Waals surface area contributed by atoms with Crippen LogP contribution in [0.15, 0.2) is 23.1 Å². The summed E-state index contributed by atoms with van der Waals surface area (Å²) in [6, 6.07) is 5.53. The Morgan fingerprint density at radius 2 is 2.00 bits per heavy atom. The zero-order valence-electron chi connectivity index (χ0n) is 26.1. The van der Waals surface area contributed by atoms with E-state index in [1.807, 2.05) is 6.07 Å². The molecule has 2 fully saturated rings. The smallest absolute Gasteiger partial charge is 0.407 e. The molecule has 2 aliphatic carbocycles. The maximum atomic E-state index is 16.1. The van der Waals surface area contributed by atoms with E-state index in [1.165, 1.54) is 4.68 Å². The van der Waals surface area contributed by atoms with Crippen LogP contribution in [0.2, 0.25) is 5.02 Å². The quantitative estimate of drug-likeness (QED) is 0.236. The fraction of sp³-hybridized carbons (Fsp3) is 0.382. The van der Waals surface area contributed by atoms with Crippen LogP contribution in [0.25, 0.3) is 33.2 Å². The summed E-state index contributed by atoms with van der Waals surface area (Å²) in [4.78, 5) is 25.6. The standard InChI is InChI=1S/C34H32ClFN6O4/c1-17-26(29(36)28(35)23(14-37)31(17)45-21-10-11-21)30-24(15-39-42(30)5)20-12-19(9-8-18-6-7-18)27-22(13-20)25(40-41-32(27)43)16-38-33(44)46-34(2,3)4/h12-13,15,18,21H,6-7,10-11,16H2,1-5H3,(H,38,44)(H,41,43). The van der Waals surface area contributed by atoms with Crippen molar-refractivity contribution in [2.75, 3.05) is 0 Å². The van der Waals surface area contributed by atoms with Gasteiger partial charge in [0.15, 0.2) is 5.82 Å². The van der Waals surface area contributed by atoms with Crippen LogP contribution >= 0.6 is 11.6 Å². The van der Waals surface area contributed by atoms with Gasteiger partial charge in [-0.1, -0.05) is 23.4 Å². The minimum atomic E-state index is -0.765. The molecule has 0 saturated heterocycles. The number of hydrogen-bond donors (Lipinski definition) is 2. The first-order valence-corrected chi connectivity index (χ1v) is 15.4. The van der Waals surface area contributed by atoms with Crippen LogP contribution in [0.5, 0.6) is 5.75 Å². The molecule has 0 radical (unpaired) electrons. The highest BCUT2D eigenvalue weighted by atomic mass is 35.5. The molecule has 0 spiro atoms. The van der Waals surface area contributed by atoms with Gasteiger partial charge in [-0.25, -0.2) is 14.3 Å². The lowest BCUT2D eigenvalue weighted by Crippen LogP contribution is -2.32. The molecule has 2 aromatic heterocycles. The molecule has 2 aliphatic rings. The Labute approximate surface area is 269 Å². The summed E-state index contributed by atoms with van der Waals surface area (Å²) in [6.07, 6.45) is 4.56. The van der Waals surface area contributed by atoms with Crippen LogP contribution in [0, 0.1) is 41.8 Å². The molecule has 4 aromatic rings. The van der Waals surface area contributed by atoms with Crippen molar-refractivity contribution in [2.24, 2.45) is 13.0 Å². The zero-order chi connectivity index (χ0) is 32.9. The lowest BCUT2D eigenvalue weighted by molar-refractivity contribution is 0.0523. The van der Waals surface area contributed by atoms with Gasteiger partial charge in [0, 0.05) is 40.6 Å². The van der Waals surface area contributed by atoms with Crippen molar-refractivity contribution in [1.82, 2.24) is 25.3 Å². The number of amides is 1. The van der Waals surface area contributed by atoms with Gasteiger partial charge in [0.2, 0.25) is 0 Å². The molecule has 0 aliphatic heterocycles. The van der Waals surface area contributed by atoms with Gasteiger partial charge in [0.25, 0.3) is 5.56 Å². The van der Waals surface area contributed by atoms with Gasteiger partial charge in [-0.2, -0.15) is 15.5 Å². The highest BCUT2D eigenvalue weighted by Gasteiger charge is 2.32. The summed E-state index contributed by atoms with van der Waals surface area (Å²) >= 11 is 6.45. The third kappa shape index (κ3) is 6.16. The SMILES string of the molecule is Cc1c(OC2CC2)c(C#N)c(Cl)c(F)c1-c1c(-c2cc(C#CC3CC3)c3c(=O)[nH]nc(CNC(=O)OC(C)(C)C)c3c2)cnn1C. The Balaban J connectivity index is 1.54. The van der Waals surface area contributed by atoms with Crippen LogP contribution < -0.4 is 15.6 Å². The number of nitriles is 1. The van der Waals surface area contributed by atoms with Crippen molar-refractivity contribution in [3.8, 4) is 46.0 Å². The largest absolute Gasteiger partial charge is 0.489 e. The van der Waals surface area contributed by atoms with Crippen LogP contribution in [-0.4, -0.2) is 37.8 Å². The average molecular weight is 643 g/mol. The van der Waals surface area contributed by atoms with E-state index in [-0.39, 0.29) is 40.5 Å². The van der Waals surface area contributed by atoms with E-state index in [9.17, 15) is 14.9 Å². The summed E-state index contributed by atoms with van der Waals surface area (Å²) in [5.74, 6) is 6.15. The molecule has 2 saturated carbocycles. The van der Waals surface area contributed by atoms with Crippen LogP contribution in [0.1, 0.15) is 68.8 Å². The van der Waals surface area contributed by atoms with Crippen molar-refractivity contribution < 1.29 is 18.7 Å². The Bertz CT molecular complexity index is 2070. The Hall–Kier alpha value is -4.87. The minimum absolute atomic E-state index is 0.0398. The minimum Gasteiger partial charge on any atom is -0.489 e. The normalized spacial score (nSPS) is 14.4.